The molecule has 3 unspecified atom stereocenters. The highest BCUT2D eigenvalue weighted by Crippen LogP contribution is 2.32. The smallest absolute Gasteiger partial charge is 0.177 e. The van der Waals surface area contributed by atoms with Gasteiger partial charge >= 0.3 is 0 Å². The van der Waals surface area contributed by atoms with Crippen LogP contribution in [0.4, 0.5) is 5.69 Å². The van der Waals surface area contributed by atoms with Crippen molar-refractivity contribution in [2.24, 2.45) is 11.8 Å². The van der Waals surface area contributed by atoms with Gasteiger partial charge in [-0.1, -0.05) is 26.0 Å². The maximum absolute atomic E-state index is 11.8. The number of anilines is 1. The molecule has 0 bridgehead atoms. The van der Waals surface area contributed by atoms with Crippen LogP contribution in [-0.2, 0) is 9.84 Å². The molecule has 0 amide bonds. The van der Waals surface area contributed by atoms with Gasteiger partial charge in [0, 0.05) is 12.3 Å². The second-order valence-electron chi connectivity index (χ2n) is 5.88. The lowest BCUT2D eigenvalue weighted by Crippen LogP contribution is -2.30. The van der Waals surface area contributed by atoms with E-state index in [1.165, 1.54) is 12.7 Å². The number of sulfone groups is 1. The number of para-hydroxylation sites is 1. The third-order valence-electron chi connectivity index (χ3n) is 4.24. The first-order valence-electron chi connectivity index (χ1n) is 6.93. The fourth-order valence-electron chi connectivity index (χ4n) is 2.81. The Balaban J connectivity index is 2.16. The van der Waals surface area contributed by atoms with E-state index in [0.29, 0.717) is 16.9 Å². The third-order valence-corrected chi connectivity index (χ3v) is 5.40. The monoisotopic (exact) mass is 281 g/mol. The molecular formula is C15H23NO2S. The Morgan fingerprint density at radius 3 is 2.42 bits per heavy atom. The fraction of sp³-hybridized carbons (Fsp3) is 0.600. The highest BCUT2D eigenvalue weighted by atomic mass is 32.2. The van der Waals surface area contributed by atoms with Crippen LogP contribution in [0, 0.1) is 11.8 Å². The van der Waals surface area contributed by atoms with Crippen molar-refractivity contribution >= 4 is 15.5 Å². The van der Waals surface area contributed by atoms with Gasteiger partial charge in [0.25, 0.3) is 0 Å². The average Bonchev–Trinajstić information content (AvgIpc) is 2.33. The van der Waals surface area contributed by atoms with E-state index in [2.05, 4.69) is 19.2 Å². The molecule has 1 aliphatic rings. The van der Waals surface area contributed by atoms with E-state index in [1.54, 1.807) is 12.1 Å². The summed E-state index contributed by atoms with van der Waals surface area (Å²) in [6, 6.07) is 7.57. The standard InChI is InChI=1S/C15H23NO2S/c1-11-8-9-13(10-12(11)2)16-14-6-4-5-7-15(14)19(3,17)18/h4-7,11-13,16H,8-10H2,1-3H3. The van der Waals surface area contributed by atoms with E-state index in [4.69, 9.17) is 0 Å². The molecule has 0 spiro atoms. The minimum absolute atomic E-state index is 0.383. The van der Waals surface area contributed by atoms with E-state index in [9.17, 15) is 8.42 Å². The summed E-state index contributed by atoms with van der Waals surface area (Å²) < 4.78 is 23.5. The molecule has 3 atom stereocenters. The Bertz CT molecular complexity index is 539. The first-order chi connectivity index (χ1) is 8.88. The number of nitrogens with one attached hydrogen (secondary N) is 1. The van der Waals surface area contributed by atoms with Crippen molar-refractivity contribution in [3.63, 3.8) is 0 Å². The van der Waals surface area contributed by atoms with Crippen LogP contribution >= 0.6 is 0 Å². The lowest BCUT2D eigenvalue weighted by Gasteiger charge is -2.33. The second-order valence-corrected chi connectivity index (χ2v) is 7.86. The number of hydrogen-bond acceptors (Lipinski definition) is 3. The minimum Gasteiger partial charge on any atom is -0.381 e. The molecule has 1 aromatic rings. The van der Waals surface area contributed by atoms with Gasteiger partial charge < -0.3 is 5.32 Å². The van der Waals surface area contributed by atoms with Gasteiger partial charge in [0.15, 0.2) is 9.84 Å². The predicted octanol–water partition coefficient (Wildman–Crippen LogP) is 3.33. The highest BCUT2D eigenvalue weighted by molar-refractivity contribution is 7.90. The molecule has 1 aromatic carbocycles. The first-order valence-corrected chi connectivity index (χ1v) is 8.82. The first kappa shape index (κ1) is 14.4. The molecule has 106 valence electrons. The Morgan fingerprint density at radius 2 is 1.79 bits per heavy atom. The van der Waals surface area contributed by atoms with Crippen LogP contribution in [0.3, 0.4) is 0 Å². The summed E-state index contributed by atoms with van der Waals surface area (Å²) >= 11 is 0. The molecule has 3 nitrogen and oxygen atoms in total. The summed E-state index contributed by atoms with van der Waals surface area (Å²) in [5, 5.41) is 3.43. The van der Waals surface area contributed by atoms with Crippen molar-refractivity contribution in [1.29, 1.82) is 0 Å². The van der Waals surface area contributed by atoms with Gasteiger partial charge in [0.05, 0.1) is 10.6 Å². The molecule has 0 aromatic heterocycles. The maximum Gasteiger partial charge on any atom is 0.177 e. The van der Waals surface area contributed by atoms with E-state index >= 15 is 0 Å². The van der Waals surface area contributed by atoms with E-state index < -0.39 is 9.84 Å². The Kier molecular flexibility index (Phi) is 4.19. The van der Waals surface area contributed by atoms with Crippen molar-refractivity contribution in [3.8, 4) is 0 Å². The topological polar surface area (TPSA) is 46.2 Å². The van der Waals surface area contributed by atoms with Crippen LogP contribution in [0.1, 0.15) is 33.1 Å². The van der Waals surface area contributed by atoms with E-state index in [-0.39, 0.29) is 0 Å². The van der Waals surface area contributed by atoms with E-state index in [1.807, 2.05) is 12.1 Å². The van der Waals surface area contributed by atoms with Gasteiger partial charge in [-0.3, -0.25) is 0 Å². The zero-order valence-corrected chi connectivity index (χ0v) is 12.7. The molecule has 1 N–H and O–H groups in total. The van der Waals surface area contributed by atoms with E-state index in [0.717, 1.165) is 24.4 Å². The minimum atomic E-state index is -3.17. The van der Waals surface area contributed by atoms with Gasteiger partial charge in [0.1, 0.15) is 0 Å². The zero-order chi connectivity index (χ0) is 14.0. The van der Waals surface area contributed by atoms with Crippen molar-refractivity contribution in [3.05, 3.63) is 24.3 Å². The second kappa shape index (κ2) is 5.53. The summed E-state index contributed by atoms with van der Waals surface area (Å²) in [6.45, 7) is 4.58. The number of rotatable bonds is 3. The average molecular weight is 281 g/mol. The molecule has 1 fully saturated rings. The van der Waals surface area contributed by atoms with Gasteiger partial charge in [-0.05, 0) is 43.2 Å². The van der Waals surface area contributed by atoms with Crippen molar-refractivity contribution in [2.75, 3.05) is 11.6 Å². The molecule has 0 radical (unpaired) electrons. The Morgan fingerprint density at radius 1 is 1.11 bits per heavy atom. The number of benzene rings is 1. The van der Waals surface area contributed by atoms with Crippen molar-refractivity contribution in [1.82, 2.24) is 0 Å². The molecule has 19 heavy (non-hydrogen) atoms. The van der Waals surface area contributed by atoms with Crippen LogP contribution in [0.25, 0.3) is 0 Å². The summed E-state index contributed by atoms with van der Waals surface area (Å²) in [7, 11) is -3.17. The highest BCUT2D eigenvalue weighted by Gasteiger charge is 2.25. The summed E-state index contributed by atoms with van der Waals surface area (Å²) in [4.78, 5) is 0.404. The van der Waals surface area contributed by atoms with Crippen LogP contribution in [0.15, 0.2) is 29.2 Å². The quantitative estimate of drug-likeness (QED) is 0.924. The zero-order valence-electron chi connectivity index (χ0n) is 11.9. The van der Waals surface area contributed by atoms with Crippen molar-refractivity contribution < 1.29 is 8.42 Å². The van der Waals surface area contributed by atoms with Crippen LogP contribution in [-0.4, -0.2) is 20.7 Å². The third kappa shape index (κ3) is 3.50. The molecule has 0 saturated heterocycles. The van der Waals surface area contributed by atoms with Gasteiger partial charge in [-0.25, -0.2) is 8.42 Å². The van der Waals surface area contributed by atoms with Crippen LogP contribution in [0.2, 0.25) is 0 Å². The van der Waals surface area contributed by atoms with Gasteiger partial charge in [-0.15, -0.1) is 0 Å². The Hall–Kier alpha value is -1.03. The molecule has 4 heteroatoms. The van der Waals surface area contributed by atoms with Gasteiger partial charge in [-0.2, -0.15) is 0 Å². The predicted molar refractivity (Wildman–Crippen MR) is 79.1 cm³/mol. The lowest BCUT2D eigenvalue weighted by atomic mass is 9.79. The molecule has 1 saturated carbocycles. The summed E-state index contributed by atoms with van der Waals surface area (Å²) in [5.74, 6) is 1.46. The Labute approximate surface area is 116 Å². The number of hydrogen-bond donors (Lipinski definition) is 1. The van der Waals surface area contributed by atoms with Gasteiger partial charge in [0.2, 0.25) is 0 Å². The SMILES string of the molecule is CC1CCC(Nc2ccccc2S(C)(=O)=O)CC1C. The molecular weight excluding hydrogens is 258 g/mol. The summed E-state index contributed by atoms with van der Waals surface area (Å²) in [6.07, 6.45) is 4.70. The van der Waals surface area contributed by atoms with Crippen molar-refractivity contribution in [2.45, 2.75) is 44.0 Å². The molecule has 1 aliphatic carbocycles. The normalized spacial score (nSPS) is 28.1. The van der Waals surface area contributed by atoms with Crippen LogP contribution in [0.5, 0.6) is 0 Å². The molecule has 2 rings (SSSR count). The largest absolute Gasteiger partial charge is 0.381 e. The maximum atomic E-state index is 11.8. The molecule has 0 aliphatic heterocycles. The lowest BCUT2D eigenvalue weighted by molar-refractivity contribution is 0.260. The molecule has 0 heterocycles. The fourth-order valence-corrected chi connectivity index (χ4v) is 3.66. The summed E-state index contributed by atoms with van der Waals surface area (Å²) in [5.41, 5.74) is 0.747. The van der Waals surface area contributed by atoms with Crippen LogP contribution < -0.4 is 5.32 Å².